The van der Waals surface area contributed by atoms with Crippen LogP contribution in [0.5, 0.6) is 0 Å². The standard InChI is InChI=1S/C18H26N4O3/c1-3-5-10-22-16(19)15(17(24)20-18(22)25)21(4-2)11-13-6-8-14(12-23)9-7-13/h6-9,23H,3-5,10-12,19H2,1-2H3,(H,20,24,25). The second-order valence-electron chi connectivity index (χ2n) is 5.99. The molecule has 0 aliphatic rings. The van der Waals surface area contributed by atoms with Gasteiger partial charge in [-0.1, -0.05) is 37.6 Å². The van der Waals surface area contributed by atoms with E-state index in [0.29, 0.717) is 25.3 Å². The molecule has 1 heterocycles. The van der Waals surface area contributed by atoms with Crippen LogP contribution in [0.15, 0.2) is 33.9 Å². The molecule has 0 unspecified atom stereocenters. The average Bonchev–Trinajstić information content (AvgIpc) is 2.61. The maximum atomic E-state index is 12.4. The van der Waals surface area contributed by atoms with Gasteiger partial charge in [0, 0.05) is 19.6 Å². The van der Waals surface area contributed by atoms with Crippen molar-refractivity contribution in [3.05, 3.63) is 56.2 Å². The van der Waals surface area contributed by atoms with Crippen LogP contribution in [-0.2, 0) is 19.7 Å². The predicted molar refractivity (Wildman–Crippen MR) is 99.7 cm³/mol. The molecule has 0 bridgehead atoms. The number of nitrogens with one attached hydrogen (secondary N) is 1. The fourth-order valence-electron chi connectivity index (χ4n) is 2.74. The minimum atomic E-state index is -0.469. The Morgan fingerprint density at radius 3 is 2.36 bits per heavy atom. The van der Waals surface area contributed by atoms with Crippen LogP contribution < -0.4 is 21.9 Å². The van der Waals surface area contributed by atoms with E-state index in [0.717, 1.165) is 24.0 Å². The van der Waals surface area contributed by atoms with Crippen molar-refractivity contribution < 1.29 is 5.11 Å². The third kappa shape index (κ3) is 4.30. The minimum absolute atomic E-state index is 0.00716. The Balaban J connectivity index is 2.38. The van der Waals surface area contributed by atoms with Crippen LogP contribution in [0.3, 0.4) is 0 Å². The molecule has 25 heavy (non-hydrogen) atoms. The second kappa shape index (κ2) is 8.53. The maximum absolute atomic E-state index is 12.4. The zero-order chi connectivity index (χ0) is 18.4. The highest BCUT2D eigenvalue weighted by atomic mass is 16.3. The largest absolute Gasteiger partial charge is 0.392 e. The predicted octanol–water partition coefficient (Wildman–Crippen LogP) is 1.44. The molecule has 2 rings (SSSR count). The fraction of sp³-hybridized carbons (Fsp3) is 0.444. The molecular formula is C18H26N4O3. The Morgan fingerprint density at radius 2 is 1.80 bits per heavy atom. The van der Waals surface area contributed by atoms with E-state index in [4.69, 9.17) is 10.8 Å². The van der Waals surface area contributed by atoms with Gasteiger partial charge in [-0.25, -0.2) is 4.79 Å². The average molecular weight is 346 g/mol. The molecule has 0 fully saturated rings. The van der Waals surface area contributed by atoms with E-state index in [1.807, 2.05) is 43.0 Å². The summed E-state index contributed by atoms with van der Waals surface area (Å²) in [6.07, 6.45) is 1.74. The fourth-order valence-corrected chi connectivity index (χ4v) is 2.74. The van der Waals surface area contributed by atoms with Crippen molar-refractivity contribution in [3.63, 3.8) is 0 Å². The summed E-state index contributed by atoms with van der Waals surface area (Å²) in [7, 11) is 0. The number of unbranched alkanes of at least 4 members (excludes halogenated alkanes) is 1. The third-order valence-electron chi connectivity index (χ3n) is 4.23. The first-order valence-corrected chi connectivity index (χ1v) is 8.58. The Hall–Kier alpha value is -2.54. The number of benzene rings is 1. The van der Waals surface area contributed by atoms with E-state index in [1.54, 1.807) is 0 Å². The van der Waals surface area contributed by atoms with E-state index >= 15 is 0 Å². The molecule has 0 aliphatic heterocycles. The van der Waals surface area contributed by atoms with Crippen LogP contribution in [0, 0.1) is 0 Å². The van der Waals surface area contributed by atoms with Gasteiger partial charge in [0.05, 0.1) is 6.61 Å². The van der Waals surface area contributed by atoms with Crippen molar-refractivity contribution in [1.82, 2.24) is 9.55 Å². The monoisotopic (exact) mass is 346 g/mol. The second-order valence-corrected chi connectivity index (χ2v) is 5.99. The molecule has 2 aromatic rings. The van der Waals surface area contributed by atoms with Gasteiger partial charge >= 0.3 is 5.69 Å². The number of aliphatic hydroxyl groups is 1. The molecule has 1 aromatic heterocycles. The summed E-state index contributed by atoms with van der Waals surface area (Å²) < 4.78 is 1.43. The van der Waals surface area contributed by atoms with Gasteiger partial charge < -0.3 is 15.7 Å². The Bertz CT molecular complexity index is 809. The molecule has 0 saturated carbocycles. The molecule has 0 amide bonds. The SMILES string of the molecule is CCCCn1c(N)c(N(CC)Cc2ccc(CO)cc2)c(=O)[nH]c1=O. The zero-order valence-corrected chi connectivity index (χ0v) is 14.8. The molecular weight excluding hydrogens is 320 g/mol. The Labute approximate surface area is 146 Å². The normalized spacial score (nSPS) is 10.8. The number of hydrogen-bond acceptors (Lipinski definition) is 5. The van der Waals surface area contributed by atoms with Gasteiger partial charge in [0.25, 0.3) is 5.56 Å². The third-order valence-corrected chi connectivity index (χ3v) is 4.23. The lowest BCUT2D eigenvalue weighted by molar-refractivity contribution is 0.282. The Morgan fingerprint density at radius 1 is 1.16 bits per heavy atom. The molecule has 0 aliphatic carbocycles. The van der Waals surface area contributed by atoms with Crippen molar-refractivity contribution in [2.24, 2.45) is 0 Å². The van der Waals surface area contributed by atoms with Crippen LogP contribution in [0.4, 0.5) is 11.5 Å². The number of aromatic nitrogens is 2. The van der Waals surface area contributed by atoms with Crippen LogP contribution in [-0.4, -0.2) is 21.2 Å². The van der Waals surface area contributed by atoms with Gasteiger partial charge in [-0.2, -0.15) is 0 Å². The summed E-state index contributed by atoms with van der Waals surface area (Å²) in [5.41, 5.74) is 7.38. The quantitative estimate of drug-likeness (QED) is 0.671. The molecule has 0 radical (unpaired) electrons. The topological polar surface area (TPSA) is 104 Å². The van der Waals surface area contributed by atoms with Gasteiger partial charge in [0.15, 0.2) is 0 Å². The molecule has 0 saturated heterocycles. The van der Waals surface area contributed by atoms with Crippen molar-refractivity contribution in [3.8, 4) is 0 Å². The van der Waals surface area contributed by atoms with E-state index < -0.39 is 11.2 Å². The number of nitrogens with zero attached hydrogens (tertiary/aromatic N) is 2. The summed E-state index contributed by atoms with van der Waals surface area (Å²) in [6.45, 7) is 5.49. The van der Waals surface area contributed by atoms with Gasteiger partial charge in [-0.15, -0.1) is 0 Å². The van der Waals surface area contributed by atoms with E-state index in [1.165, 1.54) is 4.57 Å². The maximum Gasteiger partial charge on any atom is 0.330 e. The first-order chi connectivity index (χ1) is 12.0. The number of nitrogen functional groups attached to an aromatic ring is 1. The van der Waals surface area contributed by atoms with Crippen LogP contribution in [0.25, 0.3) is 0 Å². The number of H-pyrrole nitrogens is 1. The number of nitrogens with two attached hydrogens (primary N) is 1. The highest BCUT2D eigenvalue weighted by Gasteiger charge is 2.18. The van der Waals surface area contributed by atoms with Crippen LogP contribution in [0.2, 0.25) is 0 Å². The molecule has 7 heteroatoms. The number of hydrogen-bond donors (Lipinski definition) is 3. The Kier molecular flexibility index (Phi) is 6.41. The molecule has 0 atom stereocenters. The lowest BCUT2D eigenvalue weighted by Gasteiger charge is -2.25. The molecule has 1 aromatic carbocycles. The lowest BCUT2D eigenvalue weighted by Crippen LogP contribution is -2.38. The number of rotatable bonds is 8. The van der Waals surface area contributed by atoms with Crippen molar-refractivity contribution in [2.45, 2.75) is 46.4 Å². The van der Waals surface area contributed by atoms with Crippen molar-refractivity contribution in [2.75, 3.05) is 17.2 Å². The zero-order valence-electron chi connectivity index (χ0n) is 14.8. The number of aliphatic hydroxyl groups excluding tert-OH is 1. The van der Waals surface area contributed by atoms with Crippen LogP contribution >= 0.6 is 0 Å². The van der Waals surface area contributed by atoms with E-state index in [9.17, 15) is 9.59 Å². The summed E-state index contributed by atoms with van der Waals surface area (Å²) in [6, 6.07) is 7.51. The highest BCUT2D eigenvalue weighted by molar-refractivity contribution is 5.62. The van der Waals surface area contributed by atoms with Gasteiger partial charge in [0.2, 0.25) is 0 Å². The molecule has 4 N–H and O–H groups in total. The highest BCUT2D eigenvalue weighted by Crippen LogP contribution is 2.19. The van der Waals surface area contributed by atoms with Crippen LogP contribution in [0.1, 0.15) is 37.8 Å². The first kappa shape index (κ1) is 18.8. The van der Waals surface area contributed by atoms with Gasteiger partial charge in [-0.05, 0) is 24.5 Å². The minimum Gasteiger partial charge on any atom is -0.392 e. The van der Waals surface area contributed by atoms with Gasteiger partial charge in [0.1, 0.15) is 11.5 Å². The summed E-state index contributed by atoms with van der Waals surface area (Å²) in [4.78, 5) is 28.6. The summed E-state index contributed by atoms with van der Waals surface area (Å²) in [5, 5.41) is 9.13. The summed E-state index contributed by atoms with van der Waals surface area (Å²) >= 11 is 0. The number of aromatic amines is 1. The van der Waals surface area contributed by atoms with E-state index in [2.05, 4.69) is 4.98 Å². The number of anilines is 2. The van der Waals surface area contributed by atoms with Gasteiger partial charge in [-0.3, -0.25) is 14.3 Å². The molecule has 0 spiro atoms. The molecule has 136 valence electrons. The van der Waals surface area contributed by atoms with Crippen molar-refractivity contribution in [1.29, 1.82) is 0 Å². The smallest absolute Gasteiger partial charge is 0.330 e. The van der Waals surface area contributed by atoms with E-state index in [-0.39, 0.29) is 12.4 Å². The lowest BCUT2D eigenvalue weighted by atomic mass is 10.1. The molecule has 7 nitrogen and oxygen atoms in total. The summed E-state index contributed by atoms with van der Waals surface area (Å²) in [5.74, 6) is 0.205. The first-order valence-electron chi connectivity index (χ1n) is 8.58. The van der Waals surface area contributed by atoms with Crippen molar-refractivity contribution >= 4 is 11.5 Å².